The topological polar surface area (TPSA) is 60.2 Å². The standard InChI is InChI=1S/C16H11NO2/c17-9-8-10-4-3-7-13-14(10)16(19)12-6-2-1-5-11(12)15(13)18/h1-9H,17H2. The number of rotatable bonds is 1. The van der Waals surface area contributed by atoms with E-state index in [1.807, 2.05) is 0 Å². The Balaban J connectivity index is 2.33. The van der Waals surface area contributed by atoms with E-state index in [1.165, 1.54) is 6.20 Å². The molecule has 19 heavy (non-hydrogen) atoms. The number of hydrogen-bond acceptors (Lipinski definition) is 3. The van der Waals surface area contributed by atoms with Gasteiger partial charge in [0, 0.05) is 22.3 Å². The van der Waals surface area contributed by atoms with Gasteiger partial charge in [-0.3, -0.25) is 9.59 Å². The summed E-state index contributed by atoms with van der Waals surface area (Å²) < 4.78 is 0. The van der Waals surface area contributed by atoms with Crippen LogP contribution >= 0.6 is 0 Å². The molecule has 3 rings (SSSR count). The van der Waals surface area contributed by atoms with Crippen molar-refractivity contribution in [1.29, 1.82) is 0 Å². The zero-order valence-electron chi connectivity index (χ0n) is 10.1. The maximum Gasteiger partial charge on any atom is 0.195 e. The molecule has 1 aliphatic carbocycles. The molecule has 0 fully saturated rings. The van der Waals surface area contributed by atoms with E-state index in [0.717, 1.165) is 0 Å². The number of carbonyl (C=O) groups is 2. The van der Waals surface area contributed by atoms with Gasteiger partial charge in [0.15, 0.2) is 11.6 Å². The normalized spacial score (nSPS) is 13.5. The molecule has 3 heteroatoms. The van der Waals surface area contributed by atoms with Crippen LogP contribution < -0.4 is 5.73 Å². The number of benzene rings is 2. The number of fused-ring (bicyclic) bond motifs is 2. The lowest BCUT2D eigenvalue weighted by atomic mass is 9.82. The van der Waals surface area contributed by atoms with Gasteiger partial charge in [-0.25, -0.2) is 0 Å². The van der Waals surface area contributed by atoms with Gasteiger partial charge >= 0.3 is 0 Å². The number of hydrogen-bond donors (Lipinski definition) is 1. The average molecular weight is 249 g/mol. The first kappa shape index (κ1) is 11.4. The van der Waals surface area contributed by atoms with Gasteiger partial charge in [0.2, 0.25) is 0 Å². The fourth-order valence-electron chi connectivity index (χ4n) is 2.41. The van der Waals surface area contributed by atoms with Gasteiger partial charge in [-0.2, -0.15) is 0 Å². The van der Waals surface area contributed by atoms with Crippen LogP contribution in [0.1, 0.15) is 37.4 Å². The second-order valence-corrected chi connectivity index (χ2v) is 4.33. The third-order valence-electron chi connectivity index (χ3n) is 3.26. The summed E-state index contributed by atoms with van der Waals surface area (Å²) in [5.74, 6) is -0.239. The first-order valence-corrected chi connectivity index (χ1v) is 5.93. The van der Waals surface area contributed by atoms with Gasteiger partial charge in [0.1, 0.15) is 0 Å². The number of carbonyl (C=O) groups excluding carboxylic acids is 2. The Bertz CT molecular complexity index is 729. The van der Waals surface area contributed by atoms with Gasteiger partial charge in [0.25, 0.3) is 0 Å². The van der Waals surface area contributed by atoms with Crippen LogP contribution in [0.15, 0.2) is 48.7 Å². The SMILES string of the molecule is NC=Cc1cccc2c1C(=O)c1ccccc1C2=O. The van der Waals surface area contributed by atoms with Crippen LogP contribution in [0.3, 0.4) is 0 Å². The second-order valence-electron chi connectivity index (χ2n) is 4.33. The Kier molecular flexibility index (Phi) is 2.53. The molecule has 0 bridgehead atoms. The van der Waals surface area contributed by atoms with Crippen molar-refractivity contribution in [3.05, 3.63) is 76.5 Å². The summed E-state index contributed by atoms with van der Waals surface area (Å²) in [6, 6.07) is 12.1. The average Bonchev–Trinajstić information content (AvgIpc) is 2.45. The van der Waals surface area contributed by atoms with Gasteiger partial charge in [-0.1, -0.05) is 42.5 Å². The Morgan fingerprint density at radius 1 is 0.789 bits per heavy atom. The van der Waals surface area contributed by atoms with Crippen molar-refractivity contribution in [3.63, 3.8) is 0 Å². The largest absolute Gasteiger partial charge is 0.405 e. The Morgan fingerprint density at radius 3 is 2.11 bits per heavy atom. The van der Waals surface area contributed by atoms with Gasteiger partial charge < -0.3 is 5.73 Å². The molecule has 0 atom stereocenters. The van der Waals surface area contributed by atoms with Crippen molar-refractivity contribution in [2.45, 2.75) is 0 Å². The monoisotopic (exact) mass is 249 g/mol. The molecule has 92 valence electrons. The third-order valence-corrected chi connectivity index (χ3v) is 3.26. The molecule has 1 aliphatic rings. The molecule has 0 aliphatic heterocycles. The molecule has 0 saturated carbocycles. The molecule has 2 N–H and O–H groups in total. The fourth-order valence-corrected chi connectivity index (χ4v) is 2.41. The van der Waals surface area contributed by atoms with Crippen molar-refractivity contribution in [2.75, 3.05) is 0 Å². The van der Waals surface area contributed by atoms with E-state index in [0.29, 0.717) is 27.8 Å². The lowest BCUT2D eigenvalue weighted by Crippen LogP contribution is -2.21. The van der Waals surface area contributed by atoms with E-state index in [9.17, 15) is 9.59 Å². The minimum Gasteiger partial charge on any atom is -0.405 e. The molecule has 0 spiro atoms. The van der Waals surface area contributed by atoms with E-state index in [2.05, 4.69) is 0 Å². The van der Waals surface area contributed by atoms with Crippen LogP contribution in [-0.4, -0.2) is 11.6 Å². The fraction of sp³-hybridized carbons (Fsp3) is 0. The highest BCUT2D eigenvalue weighted by molar-refractivity contribution is 6.29. The minimum atomic E-state index is -0.126. The summed E-state index contributed by atoms with van der Waals surface area (Å²) in [6.45, 7) is 0. The molecule has 0 amide bonds. The number of nitrogens with two attached hydrogens (primary N) is 1. The molecule has 2 aromatic carbocycles. The van der Waals surface area contributed by atoms with Crippen LogP contribution in [0.2, 0.25) is 0 Å². The molecular formula is C16H11NO2. The second kappa shape index (κ2) is 4.21. The van der Waals surface area contributed by atoms with E-state index >= 15 is 0 Å². The van der Waals surface area contributed by atoms with E-state index in [-0.39, 0.29) is 11.6 Å². The summed E-state index contributed by atoms with van der Waals surface area (Å²) >= 11 is 0. The number of ketones is 2. The molecular weight excluding hydrogens is 238 g/mol. The molecule has 3 nitrogen and oxygen atoms in total. The van der Waals surface area contributed by atoms with Crippen molar-refractivity contribution in [1.82, 2.24) is 0 Å². The highest BCUT2D eigenvalue weighted by Gasteiger charge is 2.30. The molecule has 0 radical (unpaired) electrons. The molecule has 0 heterocycles. The smallest absolute Gasteiger partial charge is 0.195 e. The lowest BCUT2D eigenvalue weighted by Gasteiger charge is -2.18. The minimum absolute atomic E-state index is 0.113. The van der Waals surface area contributed by atoms with Crippen LogP contribution in [0.5, 0.6) is 0 Å². The Labute approximate surface area is 110 Å². The quantitative estimate of drug-likeness (QED) is 0.720. The highest BCUT2D eigenvalue weighted by Crippen LogP contribution is 2.29. The Morgan fingerprint density at radius 2 is 1.42 bits per heavy atom. The molecule has 2 aromatic rings. The lowest BCUT2D eigenvalue weighted by molar-refractivity contribution is 0.0979. The third kappa shape index (κ3) is 1.59. The predicted octanol–water partition coefficient (Wildman–Crippen LogP) is 2.39. The van der Waals surface area contributed by atoms with Crippen LogP contribution in [0, 0.1) is 0 Å². The van der Waals surface area contributed by atoms with E-state index in [4.69, 9.17) is 5.73 Å². The summed E-state index contributed by atoms with van der Waals surface area (Å²) in [4.78, 5) is 24.9. The summed E-state index contributed by atoms with van der Waals surface area (Å²) in [6.07, 6.45) is 3.01. The van der Waals surface area contributed by atoms with Gasteiger partial charge in [-0.15, -0.1) is 0 Å². The van der Waals surface area contributed by atoms with Crippen LogP contribution in [-0.2, 0) is 0 Å². The maximum absolute atomic E-state index is 12.5. The molecule has 0 saturated heterocycles. The Hall–Kier alpha value is -2.68. The van der Waals surface area contributed by atoms with E-state index < -0.39 is 0 Å². The zero-order chi connectivity index (χ0) is 13.4. The van der Waals surface area contributed by atoms with Crippen molar-refractivity contribution in [2.24, 2.45) is 5.73 Å². The summed E-state index contributed by atoms with van der Waals surface area (Å²) in [5.41, 5.74) is 7.87. The molecule has 0 aromatic heterocycles. The molecule has 0 unspecified atom stereocenters. The van der Waals surface area contributed by atoms with Crippen molar-refractivity contribution < 1.29 is 9.59 Å². The van der Waals surface area contributed by atoms with E-state index in [1.54, 1.807) is 48.5 Å². The van der Waals surface area contributed by atoms with Crippen LogP contribution in [0.25, 0.3) is 6.08 Å². The van der Waals surface area contributed by atoms with Crippen molar-refractivity contribution in [3.8, 4) is 0 Å². The van der Waals surface area contributed by atoms with Gasteiger partial charge in [-0.05, 0) is 17.8 Å². The highest BCUT2D eigenvalue weighted by atomic mass is 16.1. The summed E-state index contributed by atoms with van der Waals surface area (Å²) in [5, 5.41) is 0. The zero-order valence-corrected chi connectivity index (χ0v) is 10.1. The van der Waals surface area contributed by atoms with Gasteiger partial charge in [0.05, 0.1) is 0 Å². The first-order valence-electron chi connectivity index (χ1n) is 5.93. The summed E-state index contributed by atoms with van der Waals surface area (Å²) in [7, 11) is 0. The van der Waals surface area contributed by atoms with Crippen LogP contribution in [0.4, 0.5) is 0 Å². The maximum atomic E-state index is 12.5. The predicted molar refractivity (Wildman–Crippen MR) is 73.0 cm³/mol. The van der Waals surface area contributed by atoms with Crippen molar-refractivity contribution >= 4 is 17.6 Å². The first-order chi connectivity index (χ1) is 9.24.